The Labute approximate surface area is 128 Å². The summed E-state index contributed by atoms with van der Waals surface area (Å²) in [6, 6.07) is 0. The molecule has 0 saturated heterocycles. The topological polar surface area (TPSA) is 269 Å². The molecule has 0 aliphatic rings. The first-order valence-electron chi connectivity index (χ1n) is 0.667. The van der Waals surface area contributed by atoms with Crippen molar-refractivity contribution < 1.29 is 119 Å². The van der Waals surface area contributed by atoms with Gasteiger partial charge < -0.3 is 42.0 Å². The average molecular weight is 295 g/mol. The van der Waals surface area contributed by atoms with E-state index in [1.54, 1.807) is 0 Å². The molecule has 13 heavy (non-hydrogen) atoms. The monoisotopic (exact) mass is 295 g/mol. The second kappa shape index (κ2) is 37.2. The smallest absolute Gasteiger partial charge is 0.759 e. The Bertz CT molecular complexity index is 98.1. The van der Waals surface area contributed by atoms with E-state index in [0.717, 1.165) is 0 Å². The fourth-order valence-electron chi connectivity index (χ4n) is 0. The molecule has 0 unspecified atom stereocenters. The first kappa shape index (κ1) is 83.8. The molecule has 0 aromatic carbocycles. The first-order valence-corrected chi connectivity index (χ1v) is 2.00. The largest absolute Gasteiger partial charge is 3.00 e. The van der Waals surface area contributed by atoms with Crippen molar-refractivity contribution in [2.75, 3.05) is 0 Å². The van der Waals surface area contributed by atoms with Crippen LogP contribution in [0.3, 0.4) is 0 Å². The zero-order valence-corrected chi connectivity index (χ0v) is 11.7. The van der Waals surface area contributed by atoms with Crippen molar-refractivity contribution >= 4 is 10.4 Å². The summed E-state index contributed by atoms with van der Waals surface area (Å²) < 4.78 is 34.1. The number of rotatable bonds is 0. The summed E-state index contributed by atoms with van der Waals surface area (Å²) in [6.45, 7) is 0. The Kier molecular flexibility index (Phi) is 240. The van der Waals surface area contributed by atoms with E-state index in [2.05, 4.69) is 0 Å². The summed E-state index contributed by atoms with van der Waals surface area (Å²) >= 11 is 0. The summed E-state index contributed by atoms with van der Waals surface area (Å²) in [6.07, 6.45) is 0. The Hall–Kier alpha value is 1.80. The Morgan fingerprint density at radius 3 is 0.692 bits per heavy atom. The Morgan fingerprint density at radius 2 is 0.692 bits per heavy atom. The number of hydrogen-bond donors (Lipinski definition) is 0. The maximum absolute atomic E-state index is 8.52. The molecule has 83 valence electrons. The third-order valence-electron chi connectivity index (χ3n) is 0. The van der Waals surface area contributed by atoms with Gasteiger partial charge in [-0.25, -0.2) is 0 Å². The van der Waals surface area contributed by atoms with Crippen molar-refractivity contribution in [3.63, 3.8) is 0 Å². The summed E-state index contributed by atoms with van der Waals surface area (Å²) in [4.78, 5) is 0. The molecule has 12 N–H and O–H groups in total. The molecule has 0 aromatic rings. The van der Waals surface area contributed by atoms with Gasteiger partial charge in [-0.3, -0.25) is 8.42 Å². The molecule has 0 fully saturated rings. The molecule has 1 radical (unpaired) electrons. The minimum absolute atomic E-state index is 0. The van der Waals surface area contributed by atoms with E-state index < -0.39 is 10.4 Å². The molecular formula is H12CrKO10S+2. The van der Waals surface area contributed by atoms with Gasteiger partial charge in [-0.1, -0.05) is 0 Å². The van der Waals surface area contributed by atoms with E-state index in [4.69, 9.17) is 17.5 Å². The fourth-order valence-corrected chi connectivity index (χ4v) is 0. The van der Waals surface area contributed by atoms with Crippen LogP contribution in [-0.4, -0.2) is 50.4 Å². The quantitative estimate of drug-likeness (QED) is 0.239. The third-order valence-corrected chi connectivity index (χ3v) is 0. The van der Waals surface area contributed by atoms with Crippen molar-refractivity contribution in [3.05, 3.63) is 0 Å². The van der Waals surface area contributed by atoms with Gasteiger partial charge in [0, 0.05) is 10.4 Å². The SMILES string of the molecule is O.O.O.O.O.O.O=S(=O)([O-])[O-].[Cr+3].[K+]. The van der Waals surface area contributed by atoms with Crippen LogP contribution in [0, 0.1) is 0 Å². The molecular weight excluding hydrogens is 283 g/mol. The van der Waals surface area contributed by atoms with Crippen LogP contribution < -0.4 is 51.4 Å². The van der Waals surface area contributed by atoms with Gasteiger partial charge in [0.25, 0.3) is 0 Å². The van der Waals surface area contributed by atoms with Gasteiger partial charge in [-0.2, -0.15) is 0 Å². The van der Waals surface area contributed by atoms with Gasteiger partial charge in [0.2, 0.25) is 0 Å². The van der Waals surface area contributed by atoms with E-state index in [1.165, 1.54) is 0 Å². The summed E-state index contributed by atoms with van der Waals surface area (Å²) in [5.41, 5.74) is 0. The molecule has 0 atom stereocenters. The van der Waals surface area contributed by atoms with Crippen LogP contribution in [0.25, 0.3) is 0 Å². The molecule has 0 bridgehead atoms. The van der Waals surface area contributed by atoms with Gasteiger partial charge in [0.05, 0.1) is 0 Å². The van der Waals surface area contributed by atoms with Crippen molar-refractivity contribution in [3.8, 4) is 0 Å². The maximum atomic E-state index is 8.52. The summed E-state index contributed by atoms with van der Waals surface area (Å²) in [5, 5.41) is 0. The molecule has 0 aromatic heterocycles. The molecule has 13 heteroatoms. The molecule has 0 heterocycles. The zero-order chi connectivity index (χ0) is 4.50. The zero-order valence-electron chi connectivity index (χ0n) is 6.45. The predicted octanol–water partition coefficient (Wildman–Crippen LogP) is -9.28. The number of hydrogen-bond acceptors (Lipinski definition) is 4. The summed E-state index contributed by atoms with van der Waals surface area (Å²) in [7, 11) is -5.17. The Balaban J connectivity index is -0.00000000286. The second-order valence-corrected chi connectivity index (χ2v) is 1.22. The van der Waals surface area contributed by atoms with Crippen molar-refractivity contribution in [1.29, 1.82) is 0 Å². The van der Waals surface area contributed by atoms with Crippen LogP contribution in [-0.2, 0) is 27.8 Å². The van der Waals surface area contributed by atoms with E-state index >= 15 is 0 Å². The standard InChI is InChI=1S/Cr.K.H2O4S.6H2O/c;;1-5(2,3)4;;;;;;/h;;(H2,1,2,3,4);6*1H2/q+3;+1;;;;;;;/p-2. The maximum Gasteiger partial charge on any atom is 3.00 e. The fraction of sp³-hybridized carbons (Fsp3) is 0. The second-order valence-electron chi connectivity index (χ2n) is 0.408. The molecule has 0 amide bonds. The molecule has 0 rings (SSSR count). The molecule has 0 aliphatic heterocycles. The average Bonchev–Trinajstić information content (AvgIpc) is 0.722. The minimum Gasteiger partial charge on any atom is -0.759 e. The van der Waals surface area contributed by atoms with E-state index in [1.807, 2.05) is 0 Å². The van der Waals surface area contributed by atoms with E-state index in [0.29, 0.717) is 0 Å². The minimum atomic E-state index is -5.17. The molecule has 0 spiro atoms. The van der Waals surface area contributed by atoms with E-state index in [9.17, 15) is 0 Å². The first-order chi connectivity index (χ1) is 2.00. The molecule has 0 saturated carbocycles. The van der Waals surface area contributed by atoms with Gasteiger partial charge in [-0.05, 0) is 0 Å². The van der Waals surface area contributed by atoms with Crippen molar-refractivity contribution in [2.24, 2.45) is 0 Å². The molecule has 10 nitrogen and oxygen atoms in total. The van der Waals surface area contributed by atoms with Crippen LogP contribution >= 0.6 is 0 Å². The van der Waals surface area contributed by atoms with E-state index in [-0.39, 0.29) is 102 Å². The summed E-state index contributed by atoms with van der Waals surface area (Å²) in [5.74, 6) is 0. The van der Waals surface area contributed by atoms with Crippen LogP contribution in [0.5, 0.6) is 0 Å². The van der Waals surface area contributed by atoms with Gasteiger partial charge in [-0.15, -0.1) is 0 Å². The van der Waals surface area contributed by atoms with Crippen LogP contribution in [0.4, 0.5) is 0 Å². The van der Waals surface area contributed by atoms with Crippen molar-refractivity contribution in [1.82, 2.24) is 0 Å². The normalized spacial score (nSPS) is 4.46. The van der Waals surface area contributed by atoms with Crippen LogP contribution in [0.15, 0.2) is 0 Å². The van der Waals surface area contributed by atoms with Gasteiger partial charge in [0.1, 0.15) is 0 Å². The van der Waals surface area contributed by atoms with Gasteiger partial charge in [0.15, 0.2) is 0 Å². The van der Waals surface area contributed by atoms with Crippen molar-refractivity contribution in [2.45, 2.75) is 0 Å². The Morgan fingerprint density at radius 1 is 0.692 bits per heavy atom. The van der Waals surface area contributed by atoms with Gasteiger partial charge >= 0.3 is 68.7 Å². The van der Waals surface area contributed by atoms with Crippen LogP contribution in [0.1, 0.15) is 0 Å². The van der Waals surface area contributed by atoms with Crippen LogP contribution in [0.2, 0.25) is 0 Å². The molecule has 0 aliphatic carbocycles. The predicted molar refractivity (Wildman–Crippen MR) is 32.2 cm³/mol. The third kappa shape index (κ3) is 594.